The maximum Gasteiger partial charge on any atom is 0.102 e. The summed E-state index contributed by atoms with van der Waals surface area (Å²) in [4.78, 5) is 4.45. The Hall–Kier alpha value is -2.02. The van der Waals surface area contributed by atoms with Crippen molar-refractivity contribution in [2.45, 2.75) is 6.92 Å². The smallest absolute Gasteiger partial charge is 0.102 e. The molecule has 5 heteroatoms. The van der Waals surface area contributed by atoms with Crippen LogP contribution in [0.2, 0.25) is 10.0 Å². The molecule has 0 aliphatic rings. The number of ether oxygens (including phenoxy) is 1. The van der Waals surface area contributed by atoms with E-state index in [0.717, 1.165) is 11.3 Å². The van der Waals surface area contributed by atoms with Crippen molar-refractivity contribution < 1.29 is 4.74 Å². The van der Waals surface area contributed by atoms with Gasteiger partial charge in [-0.1, -0.05) is 23.2 Å². The van der Waals surface area contributed by atoms with Gasteiger partial charge in [-0.05, 0) is 42.8 Å². The molecule has 0 fully saturated rings. The second kappa shape index (κ2) is 6.62. The molecule has 0 radical (unpaired) electrons. The summed E-state index contributed by atoms with van der Waals surface area (Å²) in [5, 5.41) is 10.5. The van der Waals surface area contributed by atoms with Gasteiger partial charge >= 0.3 is 0 Å². The fraction of sp³-hybridized carbons (Fsp3) is 0.125. The van der Waals surface area contributed by atoms with E-state index in [0.29, 0.717) is 26.9 Å². The van der Waals surface area contributed by atoms with Crippen LogP contribution < -0.4 is 0 Å². The Kier molecular flexibility index (Phi) is 4.85. The Morgan fingerprint density at radius 3 is 2.67 bits per heavy atom. The maximum absolute atomic E-state index is 9.46. The van der Waals surface area contributed by atoms with Gasteiger partial charge in [0.15, 0.2) is 0 Å². The van der Waals surface area contributed by atoms with Crippen molar-refractivity contribution in [3.05, 3.63) is 57.4 Å². The molecule has 0 unspecified atom stereocenters. The van der Waals surface area contributed by atoms with E-state index in [9.17, 15) is 5.26 Å². The van der Waals surface area contributed by atoms with Gasteiger partial charge in [0, 0.05) is 16.3 Å². The van der Waals surface area contributed by atoms with Crippen molar-refractivity contribution in [3.8, 4) is 17.3 Å². The van der Waals surface area contributed by atoms with Crippen molar-refractivity contribution in [3.63, 3.8) is 0 Å². The van der Waals surface area contributed by atoms with Crippen molar-refractivity contribution in [2.24, 2.45) is 0 Å². The lowest BCUT2D eigenvalue weighted by molar-refractivity contribution is 0.341. The summed E-state index contributed by atoms with van der Waals surface area (Å²) < 4.78 is 4.92. The first kappa shape index (κ1) is 15.4. The zero-order valence-electron chi connectivity index (χ0n) is 11.5. The molecule has 1 aromatic heterocycles. The average Bonchev–Trinajstić information content (AvgIpc) is 2.44. The van der Waals surface area contributed by atoms with Crippen LogP contribution in [0.25, 0.3) is 17.3 Å². The largest absolute Gasteiger partial charge is 0.504 e. The molecule has 3 nitrogen and oxygen atoms in total. The topological polar surface area (TPSA) is 45.9 Å². The van der Waals surface area contributed by atoms with Crippen LogP contribution >= 0.6 is 23.2 Å². The van der Waals surface area contributed by atoms with Gasteiger partial charge in [0.25, 0.3) is 0 Å². The molecule has 0 amide bonds. The van der Waals surface area contributed by atoms with E-state index < -0.39 is 0 Å². The highest BCUT2D eigenvalue weighted by Crippen LogP contribution is 2.32. The van der Waals surface area contributed by atoms with Gasteiger partial charge in [-0.2, -0.15) is 5.26 Å². The number of aryl methyl sites for hydroxylation is 1. The van der Waals surface area contributed by atoms with Crippen molar-refractivity contribution in [1.82, 2.24) is 4.98 Å². The highest BCUT2D eigenvalue weighted by Gasteiger charge is 2.14. The quantitative estimate of drug-likeness (QED) is 0.760. The van der Waals surface area contributed by atoms with Crippen molar-refractivity contribution >= 4 is 29.3 Å². The molecule has 1 aromatic carbocycles. The minimum atomic E-state index is 0.443. The first-order valence-corrected chi connectivity index (χ1v) is 6.89. The number of benzene rings is 1. The average molecular weight is 319 g/mol. The van der Waals surface area contributed by atoms with Gasteiger partial charge in [-0.25, -0.2) is 0 Å². The lowest BCUT2D eigenvalue weighted by atomic mass is 10.0. The zero-order chi connectivity index (χ0) is 15.4. The number of pyridine rings is 1. The van der Waals surface area contributed by atoms with Crippen LogP contribution in [0.1, 0.15) is 16.8 Å². The predicted molar refractivity (Wildman–Crippen MR) is 85.2 cm³/mol. The summed E-state index contributed by atoms with van der Waals surface area (Å²) in [6.45, 7) is 1.86. The van der Waals surface area contributed by atoms with E-state index in [4.69, 9.17) is 27.9 Å². The molecule has 0 saturated carbocycles. The SMILES string of the molecule is COC=Cc1cc(C)nc(-c2ccc(Cl)cc2Cl)c1C#N. The molecule has 0 aliphatic heterocycles. The van der Waals surface area contributed by atoms with Crippen LogP contribution in [0.15, 0.2) is 30.5 Å². The third kappa shape index (κ3) is 3.36. The Balaban J connectivity index is 2.71. The number of methoxy groups -OCH3 is 1. The third-order valence-corrected chi connectivity index (χ3v) is 3.41. The number of hydrogen-bond acceptors (Lipinski definition) is 3. The molecular weight excluding hydrogens is 307 g/mol. The van der Waals surface area contributed by atoms with Crippen LogP contribution in [0.3, 0.4) is 0 Å². The number of halogens is 2. The van der Waals surface area contributed by atoms with Gasteiger partial charge in [0.05, 0.1) is 29.7 Å². The summed E-state index contributed by atoms with van der Waals surface area (Å²) >= 11 is 12.1. The number of hydrogen-bond donors (Lipinski definition) is 0. The third-order valence-electron chi connectivity index (χ3n) is 2.86. The monoisotopic (exact) mass is 318 g/mol. The molecule has 0 atom stereocenters. The standard InChI is InChI=1S/C16H12Cl2N2O/c1-10-7-11(5-6-21-2)14(9-19)16(20-10)13-4-3-12(17)8-15(13)18/h3-8H,1-2H3. The summed E-state index contributed by atoms with van der Waals surface area (Å²) in [5.74, 6) is 0. The van der Waals surface area contributed by atoms with E-state index in [1.807, 2.05) is 13.0 Å². The number of rotatable bonds is 3. The van der Waals surface area contributed by atoms with E-state index in [1.54, 1.807) is 31.4 Å². The molecule has 0 saturated heterocycles. The highest BCUT2D eigenvalue weighted by atomic mass is 35.5. The molecule has 1 heterocycles. The molecule has 106 valence electrons. The van der Waals surface area contributed by atoms with Gasteiger partial charge in [0.1, 0.15) is 6.07 Å². The van der Waals surface area contributed by atoms with E-state index in [-0.39, 0.29) is 0 Å². The molecule has 0 aliphatic carbocycles. The number of nitrogens with zero attached hydrogens (tertiary/aromatic N) is 2. The zero-order valence-corrected chi connectivity index (χ0v) is 13.0. The summed E-state index contributed by atoms with van der Waals surface area (Å²) in [6, 6.07) is 9.12. The Labute approximate surface area is 133 Å². The van der Waals surface area contributed by atoms with Gasteiger partial charge in [-0.15, -0.1) is 0 Å². The van der Waals surface area contributed by atoms with Crippen LogP contribution in [-0.2, 0) is 4.74 Å². The first-order chi connectivity index (χ1) is 10.1. The minimum absolute atomic E-state index is 0.443. The predicted octanol–water partition coefficient (Wildman–Crippen LogP) is 4.85. The normalized spacial score (nSPS) is 10.6. The molecule has 0 bridgehead atoms. The Morgan fingerprint density at radius 1 is 1.29 bits per heavy atom. The molecule has 2 rings (SSSR count). The van der Waals surface area contributed by atoms with E-state index >= 15 is 0 Å². The van der Waals surface area contributed by atoms with E-state index in [1.165, 1.54) is 6.26 Å². The molecule has 0 N–H and O–H groups in total. The van der Waals surface area contributed by atoms with Crippen molar-refractivity contribution in [2.75, 3.05) is 7.11 Å². The summed E-state index contributed by atoms with van der Waals surface area (Å²) in [7, 11) is 1.55. The van der Waals surface area contributed by atoms with Crippen LogP contribution in [-0.4, -0.2) is 12.1 Å². The van der Waals surface area contributed by atoms with E-state index in [2.05, 4.69) is 11.1 Å². The lowest BCUT2D eigenvalue weighted by Gasteiger charge is -2.10. The second-order valence-corrected chi connectivity index (χ2v) is 5.19. The minimum Gasteiger partial charge on any atom is -0.504 e. The fourth-order valence-corrected chi connectivity index (χ4v) is 2.46. The highest BCUT2D eigenvalue weighted by molar-refractivity contribution is 6.36. The van der Waals surface area contributed by atoms with Crippen molar-refractivity contribution in [1.29, 1.82) is 5.26 Å². The van der Waals surface area contributed by atoms with Gasteiger partial charge < -0.3 is 4.74 Å². The lowest BCUT2D eigenvalue weighted by Crippen LogP contribution is -1.96. The van der Waals surface area contributed by atoms with Crippen LogP contribution in [0, 0.1) is 18.3 Å². The number of nitriles is 1. The Morgan fingerprint density at radius 2 is 2.05 bits per heavy atom. The summed E-state index contributed by atoms with van der Waals surface area (Å²) in [5.41, 5.74) is 3.17. The van der Waals surface area contributed by atoms with Gasteiger partial charge in [-0.3, -0.25) is 4.98 Å². The van der Waals surface area contributed by atoms with Crippen LogP contribution in [0.4, 0.5) is 0 Å². The van der Waals surface area contributed by atoms with Crippen LogP contribution in [0.5, 0.6) is 0 Å². The summed E-state index contributed by atoms with van der Waals surface area (Å²) in [6.07, 6.45) is 3.24. The second-order valence-electron chi connectivity index (χ2n) is 4.35. The maximum atomic E-state index is 9.46. The molecular formula is C16H12Cl2N2O. The first-order valence-electron chi connectivity index (χ1n) is 6.13. The number of aromatic nitrogens is 1. The molecule has 2 aromatic rings. The molecule has 0 spiro atoms. The fourth-order valence-electron chi connectivity index (χ4n) is 1.97. The Bertz CT molecular complexity index is 749. The van der Waals surface area contributed by atoms with Gasteiger partial charge in [0.2, 0.25) is 0 Å². The molecule has 21 heavy (non-hydrogen) atoms.